The second-order valence-electron chi connectivity index (χ2n) is 3.66. The standard InChI is InChI=1S/C11H7BrFNO4S2/c12-7-3-4-19-11(7)20(17,18)14-9-2-1-6(10(15)16)5-8(9)13/h1-5,14H,(H,15,16). The lowest BCUT2D eigenvalue weighted by Gasteiger charge is -2.08. The zero-order valence-corrected chi connectivity index (χ0v) is 12.9. The normalized spacial score (nSPS) is 11.3. The first kappa shape index (κ1) is 14.9. The van der Waals surface area contributed by atoms with E-state index in [0.717, 1.165) is 29.5 Å². The Labute approximate surface area is 126 Å². The van der Waals surface area contributed by atoms with Crippen molar-refractivity contribution >= 4 is 48.9 Å². The third kappa shape index (κ3) is 3.00. The minimum absolute atomic E-state index is 0.0132. The molecule has 0 saturated carbocycles. The van der Waals surface area contributed by atoms with E-state index in [2.05, 4.69) is 20.7 Å². The van der Waals surface area contributed by atoms with Gasteiger partial charge in [-0.15, -0.1) is 11.3 Å². The Hall–Kier alpha value is -1.45. The molecule has 0 aliphatic rings. The first-order valence-electron chi connectivity index (χ1n) is 5.10. The molecule has 0 saturated heterocycles. The van der Waals surface area contributed by atoms with Crippen molar-refractivity contribution in [2.45, 2.75) is 4.21 Å². The molecule has 0 fully saturated rings. The fourth-order valence-corrected chi connectivity index (χ4v) is 4.80. The van der Waals surface area contributed by atoms with E-state index >= 15 is 0 Å². The van der Waals surface area contributed by atoms with Crippen LogP contribution in [-0.4, -0.2) is 19.5 Å². The highest BCUT2D eigenvalue weighted by Crippen LogP contribution is 2.30. The lowest BCUT2D eigenvalue weighted by Crippen LogP contribution is -2.13. The van der Waals surface area contributed by atoms with Gasteiger partial charge in [-0.05, 0) is 45.6 Å². The van der Waals surface area contributed by atoms with Crippen LogP contribution in [-0.2, 0) is 10.0 Å². The van der Waals surface area contributed by atoms with Gasteiger partial charge in [0.25, 0.3) is 10.0 Å². The van der Waals surface area contributed by atoms with Crippen LogP contribution in [0.4, 0.5) is 10.1 Å². The molecule has 2 aromatic rings. The maximum Gasteiger partial charge on any atom is 0.335 e. The molecule has 0 spiro atoms. The number of carboxylic acids is 1. The first-order chi connectivity index (χ1) is 9.31. The van der Waals surface area contributed by atoms with E-state index in [1.807, 2.05) is 0 Å². The number of aromatic carboxylic acids is 1. The van der Waals surface area contributed by atoms with Gasteiger partial charge in [0.1, 0.15) is 5.82 Å². The van der Waals surface area contributed by atoms with E-state index in [1.165, 1.54) is 0 Å². The Balaban J connectivity index is 2.36. The fraction of sp³-hybridized carbons (Fsp3) is 0. The van der Waals surface area contributed by atoms with Crippen molar-refractivity contribution in [2.75, 3.05) is 4.72 Å². The first-order valence-corrected chi connectivity index (χ1v) is 8.25. The van der Waals surface area contributed by atoms with Crippen LogP contribution in [0.2, 0.25) is 0 Å². The highest BCUT2D eigenvalue weighted by molar-refractivity contribution is 9.10. The molecule has 20 heavy (non-hydrogen) atoms. The summed E-state index contributed by atoms with van der Waals surface area (Å²) in [5.74, 6) is -2.25. The minimum atomic E-state index is -3.92. The highest BCUT2D eigenvalue weighted by Gasteiger charge is 2.21. The Bertz CT molecular complexity index is 772. The fourth-order valence-electron chi connectivity index (χ4n) is 1.39. The third-order valence-electron chi connectivity index (χ3n) is 2.29. The quantitative estimate of drug-likeness (QED) is 0.854. The smallest absolute Gasteiger partial charge is 0.335 e. The molecule has 0 bridgehead atoms. The number of anilines is 1. The summed E-state index contributed by atoms with van der Waals surface area (Å²) in [6.07, 6.45) is 0. The largest absolute Gasteiger partial charge is 0.478 e. The summed E-state index contributed by atoms with van der Waals surface area (Å²) in [5, 5.41) is 10.3. The minimum Gasteiger partial charge on any atom is -0.478 e. The van der Waals surface area contributed by atoms with Gasteiger partial charge in [-0.3, -0.25) is 4.72 Å². The molecule has 0 atom stereocenters. The molecule has 9 heteroatoms. The average Bonchev–Trinajstić information content (AvgIpc) is 2.78. The number of sulfonamides is 1. The van der Waals surface area contributed by atoms with Crippen LogP contribution in [0.5, 0.6) is 0 Å². The number of benzene rings is 1. The molecular formula is C11H7BrFNO4S2. The molecule has 5 nitrogen and oxygen atoms in total. The van der Waals surface area contributed by atoms with Crippen LogP contribution in [0.25, 0.3) is 0 Å². The molecule has 0 aliphatic heterocycles. The van der Waals surface area contributed by atoms with E-state index in [-0.39, 0.29) is 15.5 Å². The molecule has 1 aromatic heterocycles. The van der Waals surface area contributed by atoms with Crippen LogP contribution in [0.15, 0.2) is 38.3 Å². The van der Waals surface area contributed by atoms with Gasteiger partial charge in [0.15, 0.2) is 4.21 Å². The van der Waals surface area contributed by atoms with Crippen LogP contribution in [0, 0.1) is 5.82 Å². The molecule has 0 radical (unpaired) electrons. The van der Waals surface area contributed by atoms with Crippen molar-refractivity contribution in [3.8, 4) is 0 Å². The summed E-state index contributed by atoms with van der Waals surface area (Å²) in [6, 6.07) is 4.50. The number of hydrogen-bond acceptors (Lipinski definition) is 4. The van der Waals surface area contributed by atoms with Crippen LogP contribution in [0.3, 0.4) is 0 Å². The summed E-state index contributed by atoms with van der Waals surface area (Å²) < 4.78 is 40.2. The molecule has 0 aliphatic carbocycles. The van der Waals surface area contributed by atoms with Crippen molar-refractivity contribution in [1.82, 2.24) is 0 Å². The molecule has 1 aromatic carbocycles. The van der Waals surface area contributed by atoms with E-state index in [0.29, 0.717) is 4.47 Å². The van der Waals surface area contributed by atoms with E-state index in [1.54, 1.807) is 11.4 Å². The lowest BCUT2D eigenvalue weighted by atomic mass is 10.2. The zero-order valence-electron chi connectivity index (χ0n) is 9.63. The Morgan fingerprint density at radius 1 is 1.35 bits per heavy atom. The molecule has 2 rings (SSSR count). The molecule has 1 heterocycles. The van der Waals surface area contributed by atoms with E-state index < -0.39 is 21.8 Å². The van der Waals surface area contributed by atoms with Crippen LogP contribution < -0.4 is 4.72 Å². The summed E-state index contributed by atoms with van der Waals surface area (Å²) in [4.78, 5) is 10.7. The Morgan fingerprint density at radius 3 is 2.55 bits per heavy atom. The van der Waals surface area contributed by atoms with Gasteiger partial charge in [0, 0.05) is 4.47 Å². The van der Waals surface area contributed by atoms with Crippen molar-refractivity contribution in [2.24, 2.45) is 0 Å². The predicted octanol–water partition coefficient (Wildman–Crippen LogP) is 3.15. The van der Waals surface area contributed by atoms with Gasteiger partial charge in [-0.1, -0.05) is 0 Å². The van der Waals surface area contributed by atoms with Gasteiger partial charge in [-0.2, -0.15) is 0 Å². The van der Waals surface area contributed by atoms with Gasteiger partial charge >= 0.3 is 5.97 Å². The van der Waals surface area contributed by atoms with Gasteiger partial charge < -0.3 is 5.11 Å². The van der Waals surface area contributed by atoms with Crippen molar-refractivity contribution in [3.05, 3.63) is 45.5 Å². The van der Waals surface area contributed by atoms with E-state index in [4.69, 9.17) is 5.11 Å². The van der Waals surface area contributed by atoms with Crippen LogP contribution in [0.1, 0.15) is 10.4 Å². The maximum absolute atomic E-state index is 13.7. The Morgan fingerprint density at radius 2 is 2.05 bits per heavy atom. The molecule has 106 valence electrons. The van der Waals surface area contributed by atoms with Gasteiger partial charge in [-0.25, -0.2) is 17.6 Å². The molecule has 0 unspecified atom stereocenters. The number of carbonyl (C=O) groups is 1. The number of thiophene rings is 1. The molecule has 2 N–H and O–H groups in total. The number of halogens is 2. The zero-order chi connectivity index (χ0) is 14.9. The number of rotatable bonds is 4. The van der Waals surface area contributed by atoms with E-state index in [9.17, 15) is 17.6 Å². The maximum atomic E-state index is 13.7. The lowest BCUT2D eigenvalue weighted by molar-refractivity contribution is 0.0696. The van der Waals surface area contributed by atoms with Crippen molar-refractivity contribution in [1.29, 1.82) is 0 Å². The second-order valence-corrected chi connectivity index (χ2v) is 7.31. The van der Waals surface area contributed by atoms with Gasteiger partial charge in [0.05, 0.1) is 11.3 Å². The average molecular weight is 380 g/mol. The third-order valence-corrected chi connectivity index (χ3v) is 6.32. The highest BCUT2D eigenvalue weighted by atomic mass is 79.9. The Kier molecular flexibility index (Phi) is 4.11. The topological polar surface area (TPSA) is 83.5 Å². The molecule has 0 amide bonds. The summed E-state index contributed by atoms with van der Waals surface area (Å²) >= 11 is 4.06. The number of nitrogens with one attached hydrogen (secondary N) is 1. The second kappa shape index (κ2) is 5.51. The SMILES string of the molecule is O=C(O)c1ccc(NS(=O)(=O)c2sccc2Br)c(F)c1. The van der Waals surface area contributed by atoms with Crippen molar-refractivity contribution < 1.29 is 22.7 Å². The van der Waals surface area contributed by atoms with Gasteiger partial charge in [0.2, 0.25) is 0 Å². The summed E-state index contributed by atoms with van der Waals surface area (Å²) in [6.45, 7) is 0. The molecular weight excluding hydrogens is 373 g/mol. The summed E-state index contributed by atoms with van der Waals surface area (Å²) in [7, 11) is -3.92. The van der Waals surface area contributed by atoms with Crippen LogP contribution >= 0.6 is 27.3 Å². The monoisotopic (exact) mass is 379 g/mol. The summed E-state index contributed by atoms with van der Waals surface area (Å²) in [5.41, 5.74) is -0.571. The number of hydrogen-bond donors (Lipinski definition) is 2. The number of carboxylic acid groups (broad SMARTS) is 1. The van der Waals surface area contributed by atoms with Crippen molar-refractivity contribution in [3.63, 3.8) is 0 Å². The predicted molar refractivity (Wildman–Crippen MR) is 76.2 cm³/mol.